The Morgan fingerprint density at radius 1 is 1.18 bits per heavy atom. The molecular formula is C19H24N4O5. The Labute approximate surface area is 162 Å². The molecule has 150 valence electrons. The largest absolute Gasteiger partial charge is 0.451 e. The highest BCUT2D eigenvalue weighted by molar-refractivity contribution is 6.03. The van der Waals surface area contributed by atoms with Crippen molar-refractivity contribution in [3.63, 3.8) is 0 Å². The number of fused-ring (bicyclic) bond motifs is 1. The summed E-state index contributed by atoms with van der Waals surface area (Å²) in [6.07, 6.45) is 0.660. The topological polar surface area (TPSA) is 119 Å². The van der Waals surface area contributed by atoms with Gasteiger partial charge in [-0.1, -0.05) is 39.0 Å². The van der Waals surface area contributed by atoms with Crippen LogP contribution in [0.2, 0.25) is 0 Å². The van der Waals surface area contributed by atoms with E-state index in [4.69, 9.17) is 4.74 Å². The molecule has 2 N–H and O–H groups in total. The zero-order valence-electron chi connectivity index (χ0n) is 16.2. The molecule has 9 heteroatoms. The minimum absolute atomic E-state index is 0.0549. The summed E-state index contributed by atoms with van der Waals surface area (Å²) < 4.78 is 6.20. The zero-order valence-corrected chi connectivity index (χ0v) is 16.2. The summed E-state index contributed by atoms with van der Waals surface area (Å²) in [5.41, 5.74) is -0.353. The number of nitrogens with zero attached hydrogens (tertiary/aromatic N) is 2. The van der Waals surface area contributed by atoms with E-state index in [2.05, 4.69) is 15.7 Å². The van der Waals surface area contributed by atoms with Crippen molar-refractivity contribution >= 4 is 28.7 Å². The lowest BCUT2D eigenvalue weighted by molar-refractivity contribution is -0.123. The third-order valence-electron chi connectivity index (χ3n) is 3.75. The number of esters is 1. The Morgan fingerprint density at radius 3 is 2.50 bits per heavy atom. The fraction of sp³-hybridized carbons (Fsp3) is 0.421. The third-order valence-corrected chi connectivity index (χ3v) is 3.75. The molecule has 0 spiro atoms. The van der Waals surface area contributed by atoms with E-state index in [0.717, 1.165) is 0 Å². The quantitative estimate of drug-likeness (QED) is 0.693. The van der Waals surface area contributed by atoms with Gasteiger partial charge in [-0.3, -0.25) is 14.9 Å². The van der Waals surface area contributed by atoms with E-state index in [-0.39, 0.29) is 17.2 Å². The van der Waals surface area contributed by atoms with Gasteiger partial charge in [0.05, 0.1) is 5.39 Å². The van der Waals surface area contributed by atoms with E-state index in [1.165, 1.54) is 4.68 Å². The lowest BCUT2D eigenvalue weighted by Crippen LogP contribution is -2.42. The Bertz CT molecular complexity index is 936. The fourth-order valence-electron chi connectivity index (χ4n) is 2.45. The number of hydrogen-bond donors (Lipinski definition) is 2. The van der Waals surface area contributed by atoms with Crippen LogP contribution in [0.1, 0.15) is 37.7 Å². The molecular weight excluding hydrogens is 364 g/mol. The average molecular weight is 388 g/mol. The average Bonchev–Trinajstić information content (AvgIpc) is 2.67. The van der Waals surface area contributed by atoms with Gasteiger partial charge >= 0.3 is 12.0 Å². The molecule has 0 atom stereocenters. The molecule has 1 aromatic carbocycles. The van der Waals surface area contributed by atoms with Gasteiger partial charge in [0.1, 0.15) is 0 Å². The molecule has 28 heavy (non-hydrogen) atoms. The molecule has 0 aliphatic carbocycles. The van der Waals surface area contributed by atoms with E-state index in [1.807, 2.05) is 20.8 Å². The molecule has 1 aromatic heterocycles. The van der Waals surface area contributed by atoms with Gasteiger partial charge in [0, 0.05) is 18.5 Å². The zero-order chi connectivity index (χ0) is 20.7. The molecule has 1 heterocycles. The maximum absolute atomic E-state index is 12.5. The van der Waals surface area contributed by atoms with Crippen LogP contribution in [0.15, 0.2) is 29.1 Å². The maximum atomic E-state index is 12.5. The summed E-state index contributed by atoms with van der Waals surface area (Å²) in [6.45, 7) is 5.83. The van der Waals surface area contributed by atoms with Crippen molar-refractivity contribution in [3.05, 3.63) is 40.3 Å². The summed E-state index contributed by atoms with van der Waals surface area (Å²) >= 11 is 0. The number of ether oxygens (including phenoxy) is 1. The van der Waals surface area contributed by atoms with Crippen molar-refractivity contribution in [2.75, 3.05) is 13.2 Å². The lowest BCUT2D eigenvalue weighted by Gasteiger charge is -2.11. The number of nitrogens with one attached hydrogen (secondary N) is 2. The van der Waals surface area contributed by atoms with Crippen molar-refractivity contribution < 1.29 is 19.1 Å². The van der Waals surface area contributed by atoms with Crippen LogP contribution in [0.3, 0.4) is 0 Å². The molecule has 0 radical (unpaired) electrons. The van der Waals surface area contributed by atoms with Gasteiger partial charge in [-0.05, 0) is 18.4 Å². The van der Waals surface area contributed by atoms with Crippen LogP contribution in [0, 0.1) is 5.92 Å². The number of rotatable bonds is 7. The first-order valence-electron chi connectivity index (χ1n) is 9.08. The van der Waals surface area contributed by atoms with Crippen LogP contribution in [-0.2, 0) is 16.1 Å². The molecule has 0 aliphatic rings. The van der Waals surface area contributed by atoms with Crippen molar-refractivity contribution in [3.8, 4) is 0 Å². The minimum Gasteiger partial charge on any atom is -0.451 e. The van der Waals surface area contributed by atoms with Crippen LogP contribution in [0.4, 0.5) is 4.79 Å². The summed E-state index contributed by atoms with van der Waals surface area (Å²) in [5.74, 6) is -1.38. The highest BCUT2D eigenvalue weighted by Crippen LogP contribution is 2.14. The smallest absolute Gasteiger partial charge is 0.359 e. The number of hydrogen-bond acceptors (Lipinski definition) is 6. The highest BCUT2D eigenvalue weighted by Gasteiger charge is 2.19. The molecule has 2 rings (SSSR count). The number of carbonyl (C=O) groups is 3. The predicted octanol–water partition coefficient (Wildman–Crippen LogP) is 1.45. The Kier molecular flexibility index (Phi) is 7.25. The summed E-state index contributed by atoms with van der Waals surface area (Å²) in [5, 5.41) is 9.39. The van der Waals surface area contributed by atoms with Crippen LogP contribution < -0.4 is 16.2 Å². The summed E-state index contributed by atoms with van der Waals surface area (Å²) in [7, 11) is 0. The van der Waals surface area contributed by atoms with E-state index >= 15 is 0 Å². The standard InChI is InChI=1S/C19H24N4O5/c1-4-9-23-17(25)14-8-6-5-7-13(14)16(22-23)18(26)28-11-15(24)21-19(27)20-10-12(2)3/h5-8,12H,4,9-11H2,1-3H3,(H2,20,21,24,27). The van der Waals surface area contributed by atoms with E-state index in [0.29, 0.717) is 30.3 Å². The number of imide groups is 1. The van der Waals surface area contributed by atoms with Gasteiger partial charge in [-0.2, -0.15) is 5.10 Å². The molecule has 9 nitrogen and oxygen atoms in total. The Balaban J connectivity index is 2.11. The SMILES string of the molecule is CCCn1nc(C(=O)OCC(=O)NC(=O)NCC(C)C)c2ccccc2c1=O. The number of aryl methyl sites for hydroxylation is 1. The van der Waals surface area contributed by atoms with Gasteiger partial charge in [-0.25, -0.2) is 14.3 Å². The predicted molar refractivity (Wildman–Crippen MR) is 103 cm³/mol. The number of carbonyl (C=O) groups excluding carboxylic acids is 3. The van der Waals surface area contributed by atoms with Crippen LogP contribution >= 0.6 is 0 Å². The van der Waals surface area contributed by atoms with Gasteiger partial charge in [0.25, 0.3) is 11.5 Å². The third kappa shape index (κ3) is 5.38. The first kappa shape index (κ1) is 21.1. The Morgan fingerprint density at radius 2 is 1.86 bits per heavy atom. The molecule has 0 saturated heterocycles. The second-order valence-electron chi connectivity index (χ2n) is 6.65. The monoisotopic (exact) mass is 388 g/mol. The minimum atomic E-state index is -0.848. The molecule has 0 bridgehead atoms. The Hall–Kier alpha value is -3.23. The van der Waals surface area contributed by atoms with Gasteiger partial charge in [-0.15, -0.1) is 0 Å². The molecule has 0 unspecified atom stereocenters. The summed E-state index contributed by atoms with van der Waals surface area (Å²) in [4.78, 5) is 48.2. The first-order chi connectivity index (χ1) is 13.3. The van der Waals surface area contributed by atoms with Gasteiger partial charge in [0.2, 0.25) is 0 Å². The van der Waals surface area contributed by atoms with Crippen LogP contribution in [-0.4, -0.2) is 40.8 Å². The van der Waals surface area contributed by atoms with Gasteiger partial charge in [0.15, 0.2) is 12.3 Å². The normalized spacial score (nSPS) is 10.7. The first-order valence-corrected chi connectivity index (χ1v) is 9.08. The molecule has 0 fully saturated rings. The molecule has 2 aromatic rings. The number of amides is 3. The van der Waals surface area contributed by atoms with E-state index < -0.39 is 24.5 Å². The van der Waals surface area contributed by atoms with Gasteiger partial charge < -0.3 is 10.1 Å². The molecule has 3 amide bonds. The van der Waals surface area contributed by atoms with E-state index in [9.17, 15) is 19.2 Å². The maximum Gasteiger partial charge on any atom is 0.359 e. The lowest BCUT2D eigenvalue weighted by atomic mass is 10.1. The van der Waals surface area contributed by atoms with Crippen molar-refractivity contribution in [1.29, 1.82) is 0 Å². The highest BCUT2D eigenvalue weighted by atomic mass is 16.5. The summed E-state index contributed by atoms with van der Waals surface area (Å²) in [6, 6.07) is 5.91. The van der Waals surface area contributed by atoms with Crippen molar-refractivity contribution in [2.45, 2.75) is 33.7 Å². The fourth-order valence-corrected chi connectivity index (χ4v) is 2.45. The van der Waals surface area contributed by atoms with Crippen molar-refractivity contribution in [2.24, 2.45) is 5.92 Å². The number of aromatic nitrogens is 2. The van der Waals surface area contributed by atoms with Crippen LogP contribution in [0.25, 0.3) is 10.8 Å². The van der Waals surface area contributed by atoms with Crippen molar-refractivity contribution in [1.82, 2.24) is 20.4 Å². The number of urea groups is 1. The second kappa shape index (κ2) is 9.63. The molecule has 0 saturated carbocycles. The molecule has 0 aliphatic heterocycles. The van der Waals surface area contributed by atoms with Crippen LogP contribution in [0.5, 0.6) is 0 Å². The number of benzene rings is 1. The van der Waals surface area contributed by atoms with E-state index in [1.54, 1.807) is 24.3 Å². The second-order valence-corrected chi connectivity index (χ2v) is 6.65.